The Kier molecular flexibility index (Phi) is 3.85. The van der Waals surface area contributed by atoms with Crippen LogP contribution in [0.4, 0.5) is 10.6 Å². The maximum absolute atomic E-state index is 12.4. The number of nitrogen functional groups attached to an aromatic ring is 1. The summed E-state index contributed by atoms with van der Waals surface area (Å²) in [5.74, 6) is 0.347. The standard InChI is InChI=1S/C14H18N4O/c1-3-17(4-2)14(19)18-12(10-13(15)16-18)11-8-6-5-7-9-11/h5-10H,3-4H2,1-2H3,(H2,15,16). The van der Waals surface area contributed by atoms with E-state index in [1.54, 1.807) is 11.0 Å². The fraction of sp³-hybridized carbons (Fsp3) is 0.286. The number of amides is 1. The summed E-state index contributed by atoms with van der Waals surface area (Å²) in [6, 6.07) is 11.2. The Bertz CT molecular complexity index is 558. The largest absolute Gasteiger partial charge is 0.382 e. The Balaban J connectivity index is 2.45. The lowest BCUT2D eigenvalue weighted by Gasteiger charge is -2.19. The average molecular weight is 258 g/mol. The molecule has 1 aromatic carbocycles. The van der Waals surface area contributed by atoms with Gasteiger partial charge in [0.1, 0.15) is 5.82 Å². The van der Waals surface area contributed by atoms with Crippen molar-refractivity contribution in [2.24, 2.45) is 0 Å². The van der Waals surface area contributed by atoms with Crippen LogP contribution in [-0.4, -0.2) is 33.8 Å². The summed E-state index contributed by atoms with van der Waals surface area (Å²) in [5, 5.41) is 4.11. The zero-order chi connectivity index (χ0) is 13.8. The van der Waals surface area contributed by atoms with Crippen LogP contribution in [0.2, 0.25) is 0 Å². The average Bonchev–Trinajstić information content (AvgIpc) is 2.83. The molecule has 0 spiro atoms. The molecule has 2 aromatic rings. The first-order valence-electron chi connectivity index (χ1n) is 6.37. The van der Waals surface area contributed by atoms with E-state index in [-0.39, 0.29) is 6.03 Å². The van der Waals surface area contributed by atoms with Gasteiger partial charge >= 0.3 is 6.03 Å². The third-order valence-corrected chi connectivity index (χ3v) is 3.01. The van der Waals surface area contributed by atoms with Gasteiger partial charge in [-0.1, -0.05) is 30.3 Å². The maximum Gasteiger partial charge on any atom is 0.345 e. The molecule has 100 valence electrons. The van der Waals surface area contributed by atoms with Crippen molar-refractivity contribution >= 4 is 11.8 Å². The van der Waals surface area contributed by atoms with Gasteiger partial charge in [0.15, 0.2) is 0 Å². The molecule has 2 N–H and O–H groups in total. The smallest absolute Gasteiger partial charge is 0.345 e. The quantitative estimate of drug-likeness (QED) is 0.919. The summed E-state index contributed by atoms with van der Waals surface area (Å²) < 4.78 is 1.37. The van der Waals surface area contributed by atoms with Gasteiger partial charge in [-0.05, 0) is 13.8 Å². The lowest BCUT2D eigenvalue weighted by molar-refractivity contribution is 0.202. The van der Waals surface area contributed by atoms with Crippen LogP contribution >= 0.6 is 0 Å². The first kappa shape index (κ1) is 13.1. The van der Waals surface area contributed by atoms with E-state index in [2.05, 4.69) is 5.10 Å². The summed E-state index contributed by atoms with van der Waals surface area (Å²) in [6.07, 6.45) is 0. The normalized spacial score (nSPS) is 10.4. The number of rotatable bonds is 3. The predicted molar refractivity (Wildman–Crippen MR) is 75.8 cm³/mol. The Morgan fingerprint density at radius 2 is 1.89 bits per heavy atom. The van der Waals surface area contributed by atoms with E-state index in [9.17, 15) is 4.79 Å². The number of anilines is 1. The molecule has 0 aliphatic carbocycles. The van der Waals surface area contributed by atoms with Crippen molar-refractivity contribution < 1.29 is 4.79 Å². The van der Waals surface area contributed by atoms with Crippen LogP contribution in [0.3, 0.4) is 0 Å². The molecule has 0 bridgehead atoms. The van der Waals surface area contributed by atoms with Crippen molar-refractivity contribution in [2.45, 2.75) is 13.8 Å². The Labute approximate surface area is 112 Å². The van der Waals surface area contributed by atoms with E-state index in [0.717, 1.165) is 11.3 Å². The molecule has 19 heavy (non-hydrogen) atoms. The molecule has 0 aliphatic rings. The monoisotopic (exact) mass is 258 g/mol. The molecule has 0 aliphatic heterocycles. The van der Waals surface area contributed by atoms with Gasteiger partial charge in [-0.3, -0.25) is 0 Å². The van der Waals surface area contributed by atoms with Crippen molar-refractivity contribution in [1.82, 2.24) is 14.7 Å². The Morgan fingerprint density at radius 1 is 1.26 bits per heavy atom. The van der Waals surface area contributed by atoms with Crippen LogP contribution in [0.1, 0.15) is 13.8 Å². The third kappa shape index (κ3) is 2.59. The highest BCUT2D eigenvalue weighted by Gasteiger charge is 2.18. The minimum absolute atomic E-state index is 0.152. The van der Waals surface area contributed by atoms with Gasteiger partial charge in [-0.2, -0.15) is 4.68 Å². The highest BCUT2D eigenvalue weighted by atomic mass is 16.2. The second-order valence-electron chi connectivity index (χ2n) is 4.19. The molecule has 5 nitrogen and oxygen atoms in total. The second kappa shape index (κ2) is 5.56. The van der Waals surface area contributed by atoms with Crippen LogP contribution in [0, 0.1) is 0 Å². The maximum atomic E-state index is 12.4. The number of carbonyl (C=O) groups is 1. The van der Waals surface area contributed by atoms with Crippen molar-refractivity contribution in [3.8, 4) is 11.3 Å². The zero-order valence-corrected chi connectivity index (χ0v) is 11.2. The lowest BCUT2D eigenvalue weighted by atomic mass is 10.1. The molecule has 1 amide bonds. The van der Waals surface area contributed by atoms with Crippen molar-refractivity contribution in [3.05, 3.63) is 36.4 Å². The molecule has 1 heterocycles. The summed E-state index contributed by atoms with van der Waals surface area (Å²) in [6.45, 7) is 5.17. The molecular formula is C14H18N4O. The summed E-state index contributed by atoms with van der Waals surface area (Å²) in [5.41, 5.74) is 7.38. The van der Waals surface area contributed by atoms with Gasteiger partial charge in [0.2, 0.25) is 0 Å². The van der Waals surface area contributed by atoms with Crippen LogP contribution in [0.5, 0.6) is 0 Å². The first-order chi connectivity index (χ1) is 9.17. The molecule has 0 atom stereocenters. The Hall–Kier alpha value is -2.30. The molecule has 2 rings (SSSR count). The molecule has 0 saturated heterocycles. The van der Waals surface area contributed by atoms with Gasteiger partial charge in [0, 0.05) is 24.7 Å². The zero-order valence-electron chi connectivity index (χ0n) is 11.2. The molecule has 0 unspecified atom stereocenters. The fourth-order valence-corrected chi connectivity index (χ4v) is 1.99. The molecule has 0 fully saturated rings. The van der Waals surface area contributed by atoms with Crippen molar-refractivity contribution in [1.29, 1.82) is 0 Å². The van der Waals surface area contributed by atoms with Gasteiger partial charge in [-0.25, -0.2) is 4.79 Å². The summed E-state index contributed by atoms with van der Waals surface area (Å²) >= 11 is 0. The number of hydrogen-bond acceptors (Lipinski definition) is 3. The number of benzene rings is 1. The van der Waals surface area contributed by atoms with Gasteiger partial charge in [-0.15, -0.1) is 5.10 Å². The highest BCUT2D eigenvalue weighted by molar-refractivity contribution is 5.82. The molecular weight excluding hydrogens is 240 g/mol. The summed E-state index contributed by atoms with van der Waals surface area (Å²) in [4.78, 5) is 14.1. The van der Waals surface area contributed by atoms with Crippen molar-refractivity contribution in [2.75, 3.05) is 18.8 Å². The van der Waals surface area contributed by atoms with Gasteiger partial charge in [0.25, 0.3) is 0 Å². The van der Waals surface area contributed by atoms with E-state index in [0.29, 0.717) is 18.9 Å². The molecule has 1 aromatic heterocycles. The molecule has 0 saturated carbocycles. The predicted octanol–water partition coefficient (Wildman–Crippen LogP) is 2.44. The number of hydrogen-bond donors (Lipinski definition) is 1. The van der Waals surface area contributed by atoms with Crippen LogP contribution in [-0.2, 0) is 0 Å². The minimum Gasteiger partial charge on any atom is -0.382 e. The lowest BCUT2D eigenvalue weighted by Crippen LogP contribution is -2.35. The molecule has 0 radical (unpaired) electrons. The van der Waals surface area contributed by atoms with E-state index < -0.39 is 0 Å². The van der Waals surface area contributed by atoms with E-state index >= 15 is 0 Å². The van der Waals surface area contributed by atoms with Crippen LogP contribution in [0.25, 0.3) is 11.3 Å². The second-order valence-corrected chi connectivity index (χ2v) is 4.19. The van der Waals surface area contributed by atoms with E-state index in [4.69, 9.17) is 5.73 Å². The van der Waals surface area contributed by atoms with Crippen molar-refractivity contribution in [3.63, 3.8) is 0 Å². The minimum atomic E-state index is -0.152. The van der Waals surface area contributed by atoms with Gasteiger partial charge < -0.3 is 10.6 Å². The first-order valence-corrected chi connectivity index (χ1v) is 6.37. The SMILES string of the molecule is CCN(CC)C(=O)n1nc(N)cc1-c1ccccc1. The number of nitrogens with zero attached hydrogens (tertiary/aromatic N) is 3. The fourth-order valence-electron chi connectivity index (χ4n) is 1.99. The van der Waals surface area contributed by atoms with Gasteiger partial charge in [0.05, 0.1) is 5.69 Å². The van der Waals surface area contributed by atoms with Crippen LogP contribution < -0.4 is 5.73 Å². The molecule has 5 heteroatoms. The summed E-state index contributed by atoms with van der Waals surface area (Å²) in [7, 11) is 0. The number of carbonyl (C=O) groups excluding carboxylic acids is 1. The van der Waals surface area contributed by atoms with Crippen LogP contribution in [0.15, 0.2) is 36.4 Å². The van der Waals surface area contributed by atoms with E-state index in [1.807, 2.05) is 44.2 Å². The van der Waals surface area contributed by atoms with E-state index in [1.165, 1.54) is 4.68 Å². The topological polar surface area (TPSA) is 64.2 Å². The highest BCUT2D eigenvalue weighted by Crippen LogP contribution is 2.21. The Morgan fingerprint density at radius 3 is 2.47 bits per heavy atom. The number of nitrogens with two attached hydrogens (primary N) is 1. The number of aromatic nitrogens is 2. The third-order valence-electron chi connectivity index (χ3n) is 3.01.